The van der Waals surface area contributed by atoms with Crippen molar-refractivity contribution in [2.45, 2.75) is 50.4 Å². The van der Waals surface area contributed by atoms with Gasteiger partial charge in [0.05, 0.1) is 0 Å². The standard InChI is InChI=1S/C42H44N2O7/c43-23-11-9-21-35(39(45)49-25-37-31-17-5-1-13-27(31)28-14-2-6-18-32(28)37)41(47)51-42(48)36(22-10-12-24-44)40(46)50-26-38-33-19-7-3-15-29(33)30-16-4-8-20-34(30)38/h1-8,13-20,35-38H,9-12,21-26,43-44H2. The quantitative estimate of drug-likeness (QED) is 0.0603. The topological polar surface area (TPSA) is 148 Å². The summed E-state index contributed by atoms with van der Waals surface area (Å²) in [5, 5.41) is 0. The molecule has 0 aromatic heterocycles. The molecule has 9 nitrogen and oxygen atoms in total. The maximum absolute atomic E-state index is 13.5. The summed E-state index contributed by atoms with van der Waals surface area (Å²) >= 11 is 0. The highest BCUT2D eigenvalue weighted by Gasteiger charge is 2.38. The van der Waals surface area contributed by atoms with Gasteiger partial charge >= 0.3 is 23.9 Å². The van der Waals surface area contributed by atoms with E-state index >= 15 is 0 Å². The van der Waals surface area contributed by atoms with Gasteiger partial charge in [0.25, 0.3) is 0 Å². The van der Waals surface area contributed by atoms with Crippen LogP contribution in [0.25, 0.3) is 22.3 Å². The lowest BCUT2D eigenvalue weighted by atomic mass is 9.97. The van der Waals surface area contributed by atoms with Crippen molar-refractivity contribution in [3.05, 3.63) is 119 Å². The maximum atomic E-state index is 13.5. The highest BCUT2D eigenvalue weighted by molar-refractivity contribution is 6.03. The van der Waals surface area contributed by atoms with Crippen LogP contribution in [-0.4, -0.2) is 50.2 Å². The minimum Gasteiger partial charge on any atom is -0.464 e. The molecule has 2 atom stereocenters. The lowest BCUT2D eigenvalue weighted by molar-refractivity contribution is -0.173. The average molecular weight is 689 g/mol. The average Bonchev–Trinajstić information content (AvgIpc) is 3.65. The zero-order valence-corrected chi connectivity index (χ0v) is 28.6. The Kier molecular flexibility index (Phi) is 11.7. The van der Waals surface area contributed by atoms with E-state index in [-0.39, 0.29) is 37.9 Å². The number of unbranched alkanes of at least 4 members (excludes halogenated alkanes) is 2. The summed E-state index contributed by atoms with van der Waals surface area (Å²) in [5.41, 5.74) is 19.8. The fourth-order valence-electron chi connectivity index (χ4n) is 7.30. The van der Waals surface area contributed by atoms with Crippen molar-refractivity contribution in [2.75, 3.05) is 26.3 Å². The molecule has 264 valence electrons. The fourth-order valence-corrected chi connectivity index (χ4v) is 7.30. The monoisotopic (exact) mass is 688 g/mol. The predicted molar refractivity (Wildman–Crippen MR) is 193 cm³/mol. The normalized spacial score (nSPS) is 14.1. The van der Waals surface area contributed by atoms with E-state index in [1.54, 1.807) is 0 Å². The van der Waals surface area contributed by atoms with Crippen molar-refractivity contribution in [1.82, 2.24) is 0 Å². The first-order valence-electron chi connectivity index (χ1n) is 17.8. The minimum absolute atomic E-state index is 0.0168. The van der Waals surface area contributed by atoms with E-state index in [2.05, 4.69) is 0 Å². The van der Waals surface area contributed by atoms with E-state index in [0.29, 0.717) is 38.8 Å². The molecule has 4 N–H and O–H groups in total. The Labute approximate surface area is 298 Å². The first-order chi connectivity index (χ1) is 24.9. The molecule has 0 radical (unpaired) electrons. The Morgan fingerprint density at radius 2 is 0.784 bits per heavy atom. The Morgan fingerprint density at radius 3 is 1.10 bits per heavy atom. The van der Waals surface area contributed by atoms with E-state index < -0.39 is 35.7 Å². The molecule has 2 aliphatic carbocycles. The van der Waals surface area contributed by atoms with E-state index in [9.17, 15) is 19.2 Å². The van der Waals surface area contributed by atoms with Gasteiger partial charge in [0, 0.05) is 11.8 Å². The molecule has 0 amide bonds. The number of nitrogens with two attached hydrogens (primary N) is 2. The van der Waals surface area contributed by atoms with E-state index in [4.69, 9.17) is 25.7 Å². The van der Waals surface area contributed by atoms with Gasteiger partial charge in [-0.25, -0.2) is 0 Å². The highest BCUT2D eigenvalue weighted by Crippen LogP contribution is 2.46. The van der Waals surface area contributed by atoms with Crippen LogP contribution in [0.2, 0.25) is 0 Å². The van der Waals surface area contributed by atoms with Crippen molar-refractivity contribution in [2.24, 2.45) is 23.3 Å². The second-order valence-corrected chi connectivity index (χ2v) is 13.1. The summed E-state index contributed by atoms with van der Waals surface area (Å²) in [6.07, 6.45) is 2.19. The highest BCUT2D eigenvalue weighted by atomic mass is 16.6. The van der Waals surface area contributed by atoms with Crippen molar-refractivity contribution in [3.63, 3.8) is 0 Å². The second kappa shape index (κ2) is 16.7. The third-order valence-electron chi connectivity index (χ3n) is 9.94. The molecule has 6 rings (SSSR count). The van der Waals surface area contributed by atoms with Gasteiger partial charge in [0.15, 0.2) is 11.8 Å². The molecule has 0 bridgehead atoms. The number of carbonyl (C=O) groups excluding carboxylic acids is 4. The number of hydrogen-bond donors (Lipinski definition) is 2. The van der Waals surface area contributed by atoms with Crippen LogP contribution in [0, 0.1) is 11.8 Å². The van der Waals surface area contributed by atoms with Crippen LogP contribution in [0.1, 0.15) is 72.6 Å². The molecule has 0 aliphatic heterocycles. The van der Waals surface area contributed by atoms with Crippen LogP contribution in [0.15, 0.2) is 97.1 Å². The summed E-state index contributed by atoms with van der Waals surface area (Å²) in [4.78, 5) is 54.1. The third kappa shape index (κ3) is 7.80. The van der Waals surface area contributed by atoms with Crippen molar-refractivity contribution >= 4 is 23.9 Å². The van der Waals surface area contributed by atoms with Gasteiger partial charge < -0.3 is 25.7 Å². The molecule has 4 aromatic rings. The smallest absolute Gasteiger partial charge is 0.327 e. The Bertz CT molecular complexity index is 1660. The van der Waals surface area contributed by atoms with E-state index in [1.807, 2.05) is 97.1 Å². The largest absolute Gasteiger partial charge is 0.464 e. The summed E-state index contributed by atoms with van der Waals surface area (Å²) in [6, 6.07) is 31.8. The predicted octanol–water partition coefficient (Wildman–Crippen LogP) is 6.26. The van der Waals surface area contributed by atoms with Crippen LogP contribution in [0.3, 0.4) is 0 Å². The number of esters is 4. The molecule has 0 fully saturated rings. The van der Waals surface area contributed by atoms with Crippen LogP contribution in [0.4, 0.5) is 0 Å². The first kappa shape index (κ1) is 35.7. The molecule has 2 aliphatic rings. The Balaban J connectivity index is 1.13. The van der Waals surface area contributed by atoms with Crippen LogP contribution >= 0.6 is 0 Å². The summed E-state index contributed by atoms with van der Waals surface area (Å²) in [7, 11) is 0. The zero-order chi connectivity index (χ0) is 35.7. The van der Waals surface area contributed by atoms with Gasteiger partial charge in [-0.1, -0.05) is 110 Å². The number of hydrogen-bond acceptors (Lipinski definition) is 9. The van der Waals surface area contributed by atoms with Gasteiger partial charge in [-0.2, -0.15) is 0 Å². The summed E-state index contributed by atoms with van der Waals surface area (Å²) in [5.74, 6) is -6.80. The molecule has 0 saturated heterocycles. The Morgan fingerprint density at radius 1 is 0.471 bits per heavy atom. The first-order valence-corrected chi connectivity index (χ1v) is 17.8. The number of fused-ring (bicyclic) bond motifs is 6. The lowest BCUT2D eigenvalue weighted by Crippen LogP contribution is -2.35. The molecular weight excluding hydrogens is 644 g/mol. The number of ether oxygens (including phenoxy) is 3. The molecule has 51 heavy (non-hydrogen) atoms. The Hall–Kier alpha value is -5.12. The van der Waals surface area contributed by atoms with Crippen molar-refractivity contribution in [1.29, 1.82) is 0 Å². The van der Waals surface area contributed by atoms with E-state index in [0.717, 1.165) is 44.5 Å². The maximum Gasteiger partial charge on any atom is 0.327 e. The SMILES string of the molecule is NCCCCC(C(=O)OCC1c2ccccc2-c2ccccc21)C(=O)OC(=O)C(CCCCN)C(=O)OCC1c2ccccc2-c2ccccc21. The fraction of sp³-hybridized carbons (Fsp3) is 0.333. The molecule has 4 aromatic carbocycles. The molecule has 0 saturated carbocycles. The van der Waals surface area contributed by atoms with Crippen molar-refractivity contribution in [3.8, 4) is 22.3 Å². The van der Waals surface area contributed by atoms with Crippen LogP contribution in [-0.2, 0) is 33.4 Å². The van der Waals surface area contributed by atoms with Gasteiger partial charge in [0.2, 0.25) is 0 Å². The lowest BCUT2D eigenvalue weighted by Gasteiger charge is -2.20. The number of benzene rings is 4. The zero-order valence-electron chi connectivity index (χ0n) is 28.6. The molecule has 0 spiro atoms. The van der Waals surface area contributed by atoms with Gasteiger partial charge in [-0.15, -0.1) is 0 Å². The van der Waals surface area contributed by atoms with Crippen LogP contribution < -0.4 is 11.5 Å². The van der Waals surface area contributed by atoms with Gasteiger partial charge in [-0.3, -0.25) is 19.2 Å². The number of rotatable bonds is 16. The summed E-state index contributed by atoms with van der Waals surface area (Å²) in [6.45, 7) is 0.776. The molecule has 2 unspecified atom stereocenters. The second-order valence-electron chi connectivity index (χ2n) is 13.1. The third-order valence-corrected chi connectivity index (χ3v) is 9.94. The molecular formula is C42H44N2O7. The van der Waals surface area contributed by atoms with Gasteiger partial charge in [0.1, 0.15) is 13.2 Å². The van der Waals surface area contributed by atoms with E-state index in [1.165, 1.54) is 0 Å². The number of carbonyl (C=O) groups is 4. The van der Waals surface area contributed by atoms with Crippen molar-refractivity contribution < 1.29 is 33.4 Å². The summed E-state index contributed by atoms with van der Waals surface area (Å²) < 4.78 is 16.9. The van der Waals surface area contributed by atoms with Gasteiger partial charge in [-0.05, 0) is 83.3 Å². The van der Waals surface area contributed by atoms with Crippen LogP contribution in [0.5, 0.6) is 0 Å². The minimum atomic E-state index is -1.36. The molecule has 0 heterocycles. The molecule has 9 heteroatoms.